The van der Waals surface area contributed by atoms with Crippen molar-refractivity contribution in [2.24, 2.45) is 0 Å². The summed E-state index contributed by atoms with van der Waals surface area (Å²) < 4.78 is 25.4. The molecule has 0 radical (unpaired) electrons. The van der Waals surface area contributed by atoms with Gasteiger partial charge in [0.2, 0.25) is 0 Å². The van der Waals surface area contributed by atoms with Crippen LogP contribution < -0.4 is 9.47 Å². The number of aromatic nitrogens is 1. The summed E-state index contributed by atoms with van der Waals surface area (Å²) in [6, 6.07) is 12.5. The normalized spacial score (nSPS) is 20.2. The Morgan fingerprint density at radius 3 is 2.96 bits per heavy atom. The molecule has 28 heavy (non-hydrogen) atoms. The quantitative estimate of drug-likeness (QED) is 0.733. The van der Waals surface area contributed by atoms with Crippen LogP contribution in [-0.2, 0) is 6.54 Å². The molecule has 2 atom stereocenters. The van der Waals surface area contributed by atoms with Gasteiger partial charge in [-0.05, 0) is 36.8 Å². The summed E-state index contributed by atoms with van der Waals surface area (Å²) in [4.78, 5) is 6.17. The highest BCUT2D eigenvalue weighted by atomic mass is 19.1. The molecule has 6 heteroatoms. The van der Waals surface area contributed by atoms with Crippen LogP contribution in [-0.4, -0.2) is 47.4 Å². The van der Waals surface area contributed by atoms with Crippen LogP contribution in [0.25, 0.3) is 10.8 Å². The lowest BCUT2D eigenvalue weighted by Crippen LogP contribution is -2.48. The molecule has 0 amide bonds. The van der Waals surface area contributed by atoms with Gasteiger partial charge in [-0.15, -0.1) is 0 Å². The minimum atomic E-state index is -0.653. The Morgan fingerprint density at radius 1 is 1.25 bits per heavy atom. The van der Waals surface area contributed by atoms with E-state index in [0.29, 0.717) is 37.4 Å². The van der Waals surface area contributed by atoms with E-state index >= 15 is 0 Å². The Hall–Kier alpha value is -2.70. The molecule has 3 aromatic rings. The Bertz CT molecular complexity index is 960. The molecule has 146 valence electrons. The number of pyridine rings is 1. The van der Waals surface area contributed by atoms with Crippen LogP contribution in [0.15, 0.2) is 54.9 Å². The van der Waals surface area contributed by atoms with E-state index in [0.717, 1.165) is 16.5 Å². The molecule has 0 bridgehead atoms. The molecule has 2 aromatic carbocycles. The van der Waals surface area contributed by atoms with Crippen LogP contribution in [0.2, 0.25) is 0 Å². The molecule has 0 unspecified atom stereocenters. The van der Waals surface area contributed by atoms with Gasteiger partial charge in [-0.25, -0.2) is 4.39 Å². The van der Waals surface area contributed by atoms with Crippen molar-refractivity contribution >= 4 is 10.8 Å². The first-order chi connectivity index (χ1) is 13.6. The number of hydrogen-bond acceptors (Lipinski definition) is 5. The maximum absolute atomic E-state index is 14.1. The summed E-state index contributed by atoms with van der Waals surface area (Å²) in [7, 11) is 1.56. The van der Waals surface area contributed by atoms with Crippen LogP contribution in [0, 0.1) is 5.82 Å². The number of likely N-dealkylation sites (tertiary alicyclic amines) is 1. The van der Waals surface area contributed by atoms with Crippen molar-refractivity contribution in [1.29, 1.82) is 0 Å². The first kappa shape index (κ1) is 18.7. The standard InChI is InChI=1S/C22H23FN2O3/c1-27-17-5-6-19(23)16(11-17)13-25-10-8-22(20(26)14-25)28-21-4-2-3-15-12-24-9-7-18(15)21/h2-7,9,11-12,20,22,26H,8,10,13-14H2,1H3/t20-,22-/m1/s1. The van der Waals surface area contributed by atoms with Gasteiger partial charge in [0.1, 0.15) is 29.5 Å². The zero-order valence-electron chi connectivity index (χ0n) is 15.7. The SMILES string of the molecule is COc1ccc(F)c(CN2CC[C@@H](Oc3cccc4cnccc34)[C@H](O)C2)c1. The summed E-state index contributed by atoms with van der Waals surface area (Å²) >= 11 is 0. The maximum Gasteiger partial charge on any atom is 0.127 e. The number of methoxy groups -OCH3 is 1. The molecule has 0 aliphatic carbocycles. The predicted molar refractivity (Wildman–Crippen MR) is 105 cm³/mol. The Kier molecular flexibility index (Phi) is 5.41. The van der Waals surface area contributed by atoms with E-state index in [2.05, 4.69) is 4.98 Å². The summed E-state index contributed by atoms with van der Waals surface area (Å²) in [6.07, 6.45) is 3.24. The van der Waals surface area contributed by atoms with Gasteiger partial charge < -0.3 is 14.6 Å². The van der Waals surface area contributed by atoms with Gasteiger partial charge in [-0.3, -0.25) is 9.88 Å². The van der Waals surface area contributed by atoms with Gasteiger partial charge in [0, 0.05) is 48.4 Å². The molecule has 2 heterocycles. The molecule has 0 saturated carbocycles. The molecule has 5 nitrogen and oxygen atoms in total. The highest BCUT2D eigenvalue weighted by molar-refractivity contribution is 5.87. The van der Waals surface area contributed by atoms with Crippen molar-refractivity contribution in [1.82, 2.24) is 9.88 Å². The van der Waals surface area contributed by atoms with Gasteiger partial charge in [0.05, 0.1) is 7.11 Å². The van der Waals surface area contributed by atoms with Crippen molar-refractivity contribution < 1.29 is 19.0 Å². The van der Waals surface area contributed by atoms with Crippen molar-refractivity contribution in [3.8, 4) is 11.5 Å². The fraction of sp³-hybridized carbons (Fsp3) is 0.318. The summed E-state index contributed by atoms with van der Waals surface area (Å²) in [5.41, 5.74) is 0.562. The number of aliphatic hydroxyl groups excluding tert-OH is 1. The van der Waals surface area contributed by atoms with Crippen LogP contribution in [0.4, 0.5) is 4.39 Å². The van der Waals surface area contributed by atoms with E-state index in [4.69, 9.17) is 9.47 Å². The summed E-state index contributed by atoms with van der Waals surface area (Å²) in [6.45, 7) is 1.56. The van der Waals surface area contributed by atoms with Gasteiger partial charge >= 0.3 is 0 Å². The fourth-order valence-corrected chi connectivity index (χ4v) is 3.66. The minimum absolute atomic E-state index is 0.266. The Labute approximate surface area is 163 Å². The number of rotatable bonds is 5. The third-order valence-corrected chi connectivity index (χ3v) is 5.17. The van der Waals surface area contributed by atoms with Crippen molar-refractivity contribution in [2.45, 2.75) is 25.2 Å². The number of hydrogen-bond donors (Lipinski definition) is 1. The van der Waals surface area contributed by atoms with Crippen molar-refractivity contribution in [2.75, 3.05) is 20.2 Å². The number of nitrogens with zero attached hydrogens (tertiary/aromatic N) is 2. The number of aliphatic hydroxyl groups is 1. The third-order valence-electron chi connectivity index (χ3n) is 5.17. The first-order valence-electron chi connectivity index (χ1n) is 9.36. The van der Waals surface area contributed by atoms with E-state index in [1.807, 2.05) is 29.2 Å². The van der Waals surface area contributed by atoms with Gasteiger partial charge in [-0.1, -0.05) is 12.1 Å². The fourth-order valence-electron chi connectivity index (χ4n) is 3.66. The van der Waals surface area contributed by atoms with Crippen molar-refractivity contribution in [3.05, 3.63) is 66.2 Å². The van der Waals surface area contributed by atoms with E-state index in [-0.39, 0.29) is 11.9 Å². The van der Waals surface area contributed by atoms with Crippen LogP contribution in [0.5, 0.6) is 11.5 Å². The summed E-state index contributed by atoms with van der Waals surface area (Å²) in [5, 5.41) is 12.6. The lowest BCUT2D eigenvalue weighted by atomic mass is 10.0. The van der Waals surface area contributed by atoms with Gasteiger partial charge in [0.25, 0.3) is 0 Å². The third kappa shape index (κ3) is 3.93. The topological polar surface area (TPSA) is 54.8 Å². The zero-order chi connectivity index (χ0) is 19.5. The highest BCUT2D eigenvalue weighted by Crippen LogP contribution is 2.28. The molecular formula is C22H23FN2O3. The van der Waals surface area contributed by atoms with Crippen LogP contribution in [0.1, 0.15) is 12.0 Å². The van der Waals surface area contributed by atoms with Crippen LogP contribution in [0.3, 0.4) is 0 Å². The first-order valence-corrected chi connectivity index (χ1v) is 9.36. The predicted octanol–water partition coefficient (Wildman–Crippen LogP) is 3.40. The molecule has 1 N–H and O–H groups in total. The molecule has 1 fully saturated rings. The Morgan fingerprint density at radius 2 is 2.14 bits per heavy atom. The second kappa shape index (κ2) is 8.12. The smallest absolute Gasteiger partial charge is 0.127 e. The maximum atomic E-state index is 14.1. The monoisotopic (exact) mass is 382 g/mol. The van der Waals surface area contributed by atoms with E-state index in [1.165, 1.54) is 6.07 Å². The zero-order valence-corrected chi connectivity index (χ0v) is 15.7. The minimum Gasteiger partial charge on any atom is -0.497 e. The van der Waals surface area contributed by atoms with Crippen LogP contribution >= 0.6 is 0 Å². The van der Waals surface area contributed by atoms with E-state index < -0.39 is 6.10 Å². The van der Waals surface area contributed by atoms with E-state index in [9.17, 15) is 9.50 Å². The number of ether oxygens (including phenoxy) is 2. The average molecular weight is 382 g/mol. The molecule has 1 saturated heterocycles. The second-order valence-electron chi connectivity index (χ2n) is 7.06. The van der Waals surface area contributed by atoms with Crippen molar-refractivity contribution in [3.63, 3.8) is 0 Å². The lowest BCUT2D eigenvalue weighted by Gasteiger charge is -2.36. The average Bonchev–Trinajstić information content (AvgIpc) is 2.72. The second-order valence-corrected chi connectivity index (χ2v) is 7.06. The number of halogens is 1. The number of benzene rings is 2. The number of fused-ring (bicyclic) bond motifs is 1. The molecule has 0 spiro atoms. The van der Waals surface area contributed by atoms with Gasteiger partial charge in [-0.2, -0.15) is 0 Å². The summed E-state index contributed by atoms with van der Waals surface area (Å²) in [5.74, 6) is 1.11. The number of β-amino-alcohol motifs (C(OH)–C–C–N with tert-alkyl or cyclic N) is 1. The molecule has 4 rings (SSSR count). The molecular weight excluding hydrogens is 359 g/mol. The lowest BCUT2D eigenvalue weighted by molar-refractivity contribution is -0.0271. The van der Waals surface area contributed by atoms with E-state index in [1.54, 1.807) is 31.6 Å². The Balaban J connectivity index is 1.43. The molecule has 1 aliphatic rings. The largest absolute Gasteiger partial charge is 0.497 e. The highest BCUT2D eigenvalue weighted by Gasteiger charge is 2.30. The molecule has 1 aliphatic heterocycles. The number of piperidine rings is 1. The molecule has 1 aromatic heterocycles. The van der Waals surface area contributed by atoms with Gasteiger partial charge in [0.15, 0.2) is 0 Å².